The van der Waals surface area contributed by atoms with Gasteiger partial charge in [-0.05, 0) is 47.9 Å². The second-order valence-electron chi connectivity index (χ2n) is 5.32. The van der Waals surface area contributed by atoms with Gasteiger partial charge >= 0.3 is 0 Å². The maximum atomic E-state index is 5.89. The average molecular weight is 338 g/mol. The Morgan fingerprint density at radius 3 is 2.70 bits per heavy atom. The summed E-state index contributed by atoms with van der Waals surface area (Å²) in [4.78, 5) is 0. The molecule has 0 aliphatic heterocycles. The Morgan fingerprint density at radius 2 is 2.05 bits per heavy atom. The molecule has 2 atom stereocenters. The van der Waals surface area contributed by atoms with Gasteiger partial charge in [0, 0.05) is 15.7 Å². The SMILES string of the molecule is CCC(C)CC(C)n1nnnc1-c1cc(N)cc(Br)c1. The van der Waals surface area contributed by atoms with Gasteiger partial charge in [0.25, 0.3) is 0 Å². The Bertz CT molecular complexity index is 560. The molecule has 0 spiro atoms. The number of rotatable bonds is 5. The van der Waals surface area contributed by atoms with Crippen LogP contribution in [0.15, 0.2) is 22.7 Å². The second kappa shape index (κ2) is 6.35. The van der Waals surface area contributed by atoms with Crippen LogP contribution < -0.4 is 5.73 Å². The lowest BCUT2D eigenvalue weighted by atomic mass is 10.0. The summed E-state index contributed by atoms with van der Waals surface area (Å²) < 4.78 is 2.81. The first-order valence-electron chi connectivity index (χ1n) is 6.85. The van der Waals surface area contributed by atoms with E-state index in [1.807, 2.05) is 22.9 Å². The minimum Gasteiger partial charge on any atom is -0.399 e. The average Bonchev–Trinajstić information content (AvgIpc) is 2.86. The highest BCUT2D eigenvalue weighted by molar-refractivity contribution is 9.10. The molecular formula is C14H20BrN5. The fourth-order valence-electron chi connectivity index (χ4n) is 2.27. The molecule has 20 heavy (non-hydrogen) atoms. The van der Waals surface area contributed by atoms with Gasteiger partial charge < -0.3 is 5.73 Å². The summed E-state index contributed by atoms with van der Waals surface area (Å²) in [5.74, 6) is 1.41. The molecule has 0 aliphatic carbocycles. The zero-order valence-electron chi connectivity index (χ0n) is 12.0. The molecule has 1 heterocycles. The maximum absolute atomic E-state index is 5.89. The molecule has 2 unspecified atom stereocenters. The van der Waals surface area contributed by atoms with Crippen LogP contribution in [0.1, 0.15) is 39.7 Å². The highest BCUT2D eigenvalue weighted by Gasteiger charge is 2.17. The molecule has 0 saturated heterocycles. The van der Waals surface area contributed by atoms with E-state index in [4.69, 9.17) is 5.73 Å². The van der Waals surface area contributed by atoms with E-state index in [1.165, 1.54) is 0 Å². The van der Waals surface area contributed by atoms with Crippen LogP contribution in [0.3, 0.4) is 0 Å². The van der Waals surface area contributed by atoms with Crippen LogP contribution in [-0.4, -0.2) is 20.2 Å². The molecule has 2 rings (SSSR count). The number of benzene rings is 1. The number of aromatic nitrogens is 4. The Kier molecular flexibility index (Phi) is 4.75. The lowest BCUT2D eigenvalue weighted by Crippen LogP contribution is -2.12. The van der Waals surface area contributed by atoms with Gasteiger partial charge in [-0.2, -0.15) is 0 Å². The third-order valence-corrected chi connectivity index (χ3v) is 3.99. The van der Waals surface area contributed by atoms with Crippen molar-refractivity contribution < 1.29 is 0 Å². The van der Waals surface area contributed by atoms with Gasteiger partial charge in [0.1, 0.15) is 0 Å². The lowest BCUT2D eigenvalue weighted by molar-refractivity contribution is 0.371. The second-order valence-corrected chi connectivity index (χ2v) is 6.23. The molecule has 2 aromatic rings. The fourth-order valence-corrected chi connectivity index (χ4v) is 2.78. The van der Waals surface area contributed by atoms with E-state index >= 15 is 0 Å². The number of nitrogen functional groups attached to an aromatic ring is 1. The van der Waals surface area contributed by atoms with Gasteiger partial charge in [0.15, 0.2) is 5.82 Å². The lowest BCUT2D eigenvalue weighted by Gasteiger charge is -2.17. The predicted octanol–water partition coefficient (Wildman–Crippen LogP) is 3.68. The van der Waals surface area contributed by atoms with Gasteiger partial charge in [0.2, 0.25) is 0 Å². The number of halogens is 1. The standard InChI is InChI=1S/C14H20BrN5/c1-4-9(2)5-10(3)20-14(17-18-19-20)11-6-12(15)8-13(16)7-11/h6-10H,4-5,16H2,1-3H3. The number of hydrogen-bond donors (Lipinski definition) is 1. The van der Waals surface area contributed by atoms with Gasteiger partial charge in [-0.3, -0.25) is 0 Å². The maximum Gasteiger partial charge on any atom is 0.182 e. The van der Waals surface area contributed by atoms with Crippen molar-refractivity contribution >= 4 is 21.6 Å². The van der Waals surface area contributed by atoms with Gasteiger partial charge in [0.05, 0.1) is 6.04 Å². The summed E-state index contributed by atoms with van der Waals surface area (Å²) in [5, 5.41) is 12.1. The summed E-state index contributed by atoms with van der Waals surface area (Å²) >= 11 is 3.45. The monoisotopic (exact) mass is 337 g/mol. The van der Waals surface area contributed by atoms with E-state index in [0.717, 1.165) is 28.7 Å². The molecule has 0 saturated carbocycles. The number of nitrogens with two attached hydrogens (primary N) is 1. The Labute approximate surface area is 127 Å². The van der Waals surface area contributed by atoms with Crippen molar-refractivity contribution in [3.05, 3.63) is 22.7 Å². The van der Waals surface area contributed by atoms with Crippen molar-refractivity contribution in [2.45, 2.75) is 39.7 Å². The number of anilines is 1. The van der Waals surface area contributed by atoms with Crippen LogP contribution in [0.2, 0.25) is 0 Å². The van der Waals surface area contributed by atoms with Crippen molar-refractivity contribution in [1.29, 1.82) is 0 Å². The summed E-state index contributed by atoms with van der Waals surface area (Å²) in [6.45, 7) is 6.60. The minimum absolute atomic E-state index is 0.259. The summed E-state index contributed by atoms with van der Waals surface area (Å²) in [6.07, 6.45) is 2.21. The molecule has 1 aromatic heterocycles. The predicted molar refractivity (Wildman–Crippen MR) is 84.1 cm³/mol. The van der Waals surface area contributed by atoms with Crippen LogP contribution in [-0.2, 0) is 0 Å². The first-order valence-corrected chi connectivity index (χ1v) is 7.64. The number of nitrogens with zero attached hydrogens (tertiary/aromatic N) is 4. The van der Waals surface area contributed by atoms with E-state index < -0.39 is 0 Å². The van der Waals surface area contributed by atoms with Crippen molar-refractivity contribution in [2.75, 3.05) is 5.73 Å². The smallest absolute Gasteiger partial charge is 0.182 e. The number of tetrazole rings is 1. The Hall–Kier alpha value is -1.43. The molecule has 108 valence electrons. The molecular weight excluding hydrogens is 318 g/mol. The fraction of sp³-hybridized carbons (Fsp3) is 0.500. The zero-order chi connectivity index (χ0) is 14.7. The van der Waals surface area contributed by atoms with Gasteiger partial charge in [-0.1, -0.05) is 36.2 Å². The van der Waals surface area contributed by atoms with Gasteiger partial charge in [-0.15, -0.1) is 5.10 Å². The first kappa shape index (κ1) is 15.0. The highest BCUT2D eigenvalue weighted by Crippen LogP contribution is 2.27. The van der Waals surface area contributed by atoms with E-state index in [9.17, 15) is 0 Å². The third kappa shape index (κ3) is 3.36. The normalized spacial score (nSPS) is 14.2. The van der Waals surface area contributed by atoms with Crippen LogP contribution in [0.4, 0.5) is 5.69 Å². The highest BCUT2D eigenvalue weighted by atomic mass is 79.9. The van der Waals surface area contributed by atoms with E-state index in [1.54, 1.807) is 0 Å². The topological polar surface area (TPSA) is 69.6 Å². The molecule has 0 fully saturated rings. The van der Waals surface area contributed by atoms with E-state index in [-0.39, 0.29) is 6.04 Å². The molecule has 2 N–H and O–H groups in total. The molecule has 5 nitrogen and oxygen atoms in total. The van der Waals surface area contributed by atoms with Crippen molar-refractivity contribution in [1.82, 2.24) is 20.2 Å². The van der Waals surface area contributed by atoms with Crippen LogP contribution in [0.25, 0.3) is 11.4 Å². The van der Waals surface area contributed by atoms with Crippen molar-refractivity contribution in [2.24, 2.45) is 5.92 Å². The molecule has 0 amide bonds. The van der Waals surface area contributed by atoms with Crippen LogP contribution >= 0.6 is 15.9 Å². The molecule has 1 aromatic carbocycles. The summed E-state index contributed by atoms with van der Waals surface area (Å²) in [6, 6.07) is 5.99. The van der Waals surface area contributed by atoms with E-state index in [2.05, 4.69) is 52.2 Å². The molecule has 6 heteroatoms. The minimum atomic E-state index is 0.259. The van der Waals surface area contributed by atoms with Crippen molar-refractivity contribution in [3.63, 3.8) is 0 Å². The number of hydrogen-bond acceptors (Lipinski definition) is 4. The Balaban J connectivity index is 2.32. The van der Waals surface area contributed by atoms with E-state index in [0.29, 0.717) is 11.6 Å². The molecule has 0 radical (unpaired) electrons. The van der Waals surface area contributed by atoms with Gasteiger partial charge in [-0.25, -0.2) is 4.68 Å². The zero-order valence-corrected chi connectivity index (χ0v) is 13.6. The van der Waals surface area contributed by atoms with Crippen molar-refractivity contribution in [3.8, 4) is 11.4 Å². The molecule has 0 aliphatic rings. The van der Waals surface area contributed by atoms with Crippen LogP contribution in [0, 0.1) is 5.92 Å². The Morgan fingerprint density at radius 1 is 1.30 bits per heavy atom. The first-order chi connectivity index (χ1) is 9.51. The third-order valence-electron chi connectivity index (χ3n) is 3.53. The summed E-state index contributed by atoms with van der Waals surface area (Å²) in [5.41, 5.74) is 7.51. The van der Waals surface area contributed by atoms with Crippen LogP contribution in [0.5, 0.6) is 0 Å². The summed E-state index contributed by atoms with van der Waals surface area (Å²) in [7, 11) is 0. The quantitative estimate of drug-likeness (QED) is 0.845. The largest absolute Gasteiger partial charge is 0.399 e. The molecule has 0 bridgehead atoms.